The van der Waals surface area contributed by atoms with Crippen molar-refractivity contribution in [1.82, 2.24) is 10.3 Å². The van der Waals surface area contributed by atoms with Crippen LogP contribution in [0.5, 0.6) is 0 Å². The topological polar surface area (TPSA) is 55.1 Å². The van der Waals surface area contributed by atoms with Crippen LogP contribution in [0, 0.1) is 6.92 Å². The lowest BCUT2D eigenvalue weighted by atomic mass is 10.2. The number of rotatable bonds is 8. The second kappa shape index (κ2) is 9.30. The first-order chi connectivity index (χ1) is 12.7. The van der Waals surface area contributed by atoms with Crippen LogP contribution in [0.25, 0.3) is 11.5 Å². The lowest BCUT2D eigenvalue weighted by Gasteiger charge is -2.03. The quantitative estimate of drug-likeness (QED) is 0.537. The molecule has 0 spiro atoms. The van der Waals surface area contributed by atoms with E-state index in [9.17, 15) is 4.79 Å². The molecule has 4 nitrogen and oxygen atoms in total. The summed E-state index contributed by atoms with van der Waals surface area (Å²) in [6.45, 7) is 2.51. The minimum atomic E-state index is 0.0393. The van der Waals surface area contributed by atoms with Gasteiger partial charge in [-0.25, -0.2) is 4.98 Å². The lowest BCUT2D eigenvalue weighted by molar-refractivity contribution is -0.118. The average Bonchev–Trinajstić information content (AvgIpc) is 3.30. The first-order valence-electron chi connectivity index (χ1n) is 8.13. The first-order valence-corrected chi connectivity index (χ1v) is 11.4. The number of aromatic nitrogens is 1. The Kier molecular flexibility index (Phi) is 6.82. The molecular weight excluding hydrogens is 384 g/mol. The van der Waals surface area contributed by atoms with Gasteiger partial charge in [-0.1, -0.05) is 6.07 Å². The standard InChI is InChI=1S/C19H20N2O2S3/c1-13-17(11-25-12-18(22)20-10-16-4-3-9-26-16)21-19(23-13)14-5-7-15(24-2)8-6-14/h3-9H,10-12H2,1-2H3,(H,20,22). The Labute approximate surface area is 165 Å². The number of nitrogens with one attached hydrogen (secondary N) is 1. The van der Waals surface area contributed by atoms with E-state index in [1.807, 2.05) is 36.6 Å². The van der Waals surface area contributed by atoms with Gasteiger partial charge in [-0.2, -0.15) is 0 Å². The fourth-order valence-electron chi connectivity index (χ4n) is 2.31. The molecule has 0 saturated heterocycles. The van der Waals surface area contributed by atoms with Gasteiger partial charge in [-0.3, -0.25) is 4.79 Å². The highest BCUT2D eigenvalue weighted by Gasteiger charge is 2.12. The largest absolute Gasteiger partial charge is 0.441 e. The van der Waals surface area contributed by atoms with Crippen LogP contribution < -0.4 is 5.32 Å². The Morgan fingerprint density at radius 1 is 1.27 bits per heavy atom. The van der Waals surface area contributed by atoms with Crippen LogP contribution >= 0.6 is 34.9 Å². The molecule has 0 bridgehead atoms. The number of amides is 1. The van der Waals surface area contributed by atoms with Crippen molar-refractivity contribution in [2.75, 3.05) is 12.0 Å². The molecule has 0 unspecified atom stereocenters. The predicted molar refractivity (Wildman–Crippen MR) is 111 cm³/mol. The SMILES string of the molecule is CSc1ccc(-c2nc(CSCC(=O)NCc3cccs3)c(C)o2)cc1. The van der Waals surface area contributed by atoms with Crippen LogP contribution in [0.15, 0.2) is 51.1 Å². The van der Waals surface area contributed by atoms with Gasteiger partial charge < -0.3 is 9.73 Å². The van der Waals surface area contributed by atoms with E-state index in [-0.39, 0.29) is 5.91 Å². The molecular formula is C19H20N2O2S3. The van der Waals surface area contributed by atoms with Crippen LogP contribution in [0.1, 0.15) is 16.3 Å². The molecule has 2 aromatic heterocycles. The maximum Gasteiger partial charge on any atom is 0.230 e. The fourth-order valence-corrected chi connectivity index (χ4v) is 4.21. The van der Waals surface area contributed by atoms with Crippen molar-refractivity contribution in [3.8, 4) is 11.5 Å². The van der Waals surface area contributed by atoms with Crippen LogP contribution in [0.2, 0.25) is 0 Å². The van der Waals surface area contributed by atoms with E-state index in [0.29, 0.717) is 23.9 Å². The van der Waals surface area contributed by atoms with Crippen LogP contribution in [-0.4, -0.2) is 22.9 Å². The number of thiophene rings is 1. The molecule has 1 amide bonds. The van der Waals surface area contributed by atoms with Crippen LogP contribution in [-0.2, 0) is 17.1 Å². The van der Waals surface area contributed by atoms with Crippen molar-refractivity contribution in [3.05, 3.63) is 58.1 Å². The van der Waals surface area contributed by atoms with E-state index >= 15 is 0 Å². The third-order valence-electron chi connectivity index (χ3n) is 3.74. The summed E-state index contributed by atoms with van der Waals surface area (Å²) in [7, 11) is 0. The van der Waals surface area contributed by atoms with Crippen molar-refractivity contribution < 1.29 is 9.21 Å². The van der Waals surface area contributed by atoms with Gasteiger partial charge in [0.1, 0.15) is 5.76 Å². The zero-order chi connectivity index (χ0) is 18.4. The van der Waals surface area contributed by atoms with E-state index in [2.05, 4.69) is 28.7 Å². The van der Waals surface area contributed by atoms with Gasteiger partial charge in [0, 0.05) is 21.1 Å². The molecule has 2 heterocycles. The molecule has 136 valence electrons. The zero-order valence-corrected chi connectivity index (χ0v) is 17.1. The number of hydrogen-bond donors (Lipinski definition) is 1. The van der Waals surface area contributed by atoms with Crippen molar-refractivity contribution in [1.29, 1.82) is 0 Å². The maximum atomic E-state index is 11.9. The molecule has 0 radical (unpaired) electrons. The minimum Gasteiger partial charge on any atom is -0.441 e. The van der Waals surface area contributed by atoms with Gasteiger partial charge >= 0.3 is 0 Å². The molecule has 26 heavy (non-hydrogen) atoms. The molecule has 1 aromatic carbocycles. The van der Waals surface area contributed by atoms with Gasteiger partial charge in [0.25, 0.3) is 0 Å². The highest BCUT2D eigenvalue weighted by Crippen LogP contribution is 2.26. The third kappa shape index (κ3) is 5.16. The number of carbonyl (C=O) groups excluding carboxylic acids is 1. The van der Waals surface area contributed by atoms with Crippen molar-refractivity contribution in [3.63, 3.8) is 0 Å². The highest BCUT2D eigenvalue weighted by molar-refractivity contribution is 7.99. The molecule has 0 aliphatic rings. The Balaban J connectivity index is 1.50. The molecule has 0 aliphatic heterocycles. The fraction of sp³-hybridized carbons (Fsp3) is 0.263. The molecule has 3 aromatic rings. The number of thioether (sulfide) groups is 2. The summed E-state index contributed by atoms with van der Waals surface area (Å²) in [6, 6.07) is 12.2. The van der Waals surface area contributed by atoms with Gasteiger partial charge in [-0.05, 0) is 48.9 Å². The molecule has 0 aliphatic carbocycles. The van der Waals surface area contributed by atoms with Crippen molar-refractivity contribution >= 4 is 40.8 Å². The third-order valence-corrected chi connectivity index (χ3v) is 6.31. The molecule has 3 rings (SSSR count). The summed E-state index contributed by atoms with van der Waals surface area (Å²) in [5.74, 6) is 2.55. The Hall–Kier alpha value is -1.70. The number of nitrogens with zero attached hydrogens (tertiary/aromatic N) is 1. The number of benzene rings is 1. The van der Waals surface area contributed by atoms with Gasteiger partial charge in [0.2, 0.25) is 11.8 Å². The van der Waals surface area contributed by atoms with E-state index < -0.39 is 0 Å². The van der Waals surface area contributed by atoms with Gasteiger partial charge in [0.15, 0.2) is 0 Å². The molecule has 0 atom stereocenters. The van der Waals surface area contributed by atoms with Crippen molar-refractivity contribution in [2.45, 2.75) is 24.1 Å². The summed E-state index contributed by atoms with van der Waals surface area (Å²) in [6.07, 6.45) is 2.05. The van der Waals surface area contributed by atoms with Crippen molar-refractivity contribution in [2.24, 2.45) is 0 Å². The summed E-state index contributed by atoms with van der Waals surface area (Å²) in [5.41, 5.74) is 1.86. The van der Waals surface area contributed by atoms with E-state index in [4.69, 9.17) is 4.42 Å². The molecule has 7 heteroatoms. The minimum absolute atomic E-state index is 0.0393. The monoisotopic (exact) mass is 404 g/mol. The Morgan fingerprint density at radius 3 is 2.77 bits per heavy atom. The Morgan fingerprint density at radius 2 is 2.08 bits per heavy atom. The smallest absolute Gasteiger partial charge is 0.230 e. The van der Waals surface area contributed by atoms with E-state index in [0.717, 1.165) is 21.9 Å². The van der Waals surface area contributed by atoms with Crippen LogP contribution in [0.4, 0.5) is 0 Å². The second-order valence-corrected chi connectivity index (χ2v) is 8.50. The highest BCUT2D eigenvalue weighted by atomic mass is 32.2. The summed E-state index contributed by atoms with van der Waals surface area (Å²) in [5, 5.41) is 4.94. The number of aryl methyl sites for hydroxylation is 1. The van der Waals surface area contributed by atoms with Gasteiger partial charge in [-0.15, -0.1) is 34.9 Å². The van der Waals surface area contributed by atoms with Gasteiger partial charge in [0.05, 0.1) is 18.0 Å². The summed E-state index contributed by atoms with van der Waals surface area (Å²) >= 11 is 4.90. The summed E-state index contributed by atoms with van der Waals surface area (Å²) < 4.78 is 5.80. The maximum absolute atomic E-state index is 11.9. The number of hydrogen-bond acceptors (Lipinski definition) is 6. The molecule has 0 fully saturated rings. The average molecular weight is 405 g/mol. The van der Waals surface area contributed by atoms with E-state index in [1.54, 1.807) is 34.9 Å². The Bertz CT molecular complexity index is 842. The first kappa shape index (κ1) is 19.1. The zero-order valence-electron chi connectivity index (χ0n) is 14.7. The summed E-state index contributed by atoms with van der Waals surface area (Å²) in [4.78, 5) is 18.9. The predicted octanol–water partition coefficient (Wildman–Crippen LogP) is 4.98. The van der Waals surface area contributed by atoms with E-state index in [1.165, 1.54) is 4.90 Å². The number of carbonyl (C=O) groups is 1. The lowest BCUT2D eigenvalue weighted by Crippen LogP contribution is -2.24. The normalized spacial score (nSPS) is 10.8. The second-order valence-electron chi connectivity index (χ2n) is 5.60. The van der Waals surface area contributed by atoms with Crippen LogP contribution in [0.3, 0.4) is 0 Å². The molecule has 1 N–H and O–H groups in total. The number of oxazole rings is 1. The molecule has 0 saturated carbocycles.